The third-order valence-corrected chi connectivity index (χ3v) is 3.04. The van der Waals surface area contributed by atoms with Crippen LogP contribution in [0.1, 0.15) is 33.1 Å². The van der Waals surface area contributed by atoms with E-state index in [0.717, 1.165) is 12.6 Å². The van der Waals surface area contributed by atoms with Gasteiger partial charge < -0.3 is 0 Å². The molecule has 1 heterocycles. The van der Waals surface area contributed by atoms with Crippen LogP contribution in [0.15, 0.2) is 10.6 Å². The summed E-state index contributed by atoms with van der Waals surface area (Å²) in [6.07, 6.45) is 6.10. The first-order chi connectivity index (χ1) is 5.74. The Bertz CT molecular complexity index is 165. The molecule has 0 radical (unpaired) electrons. The van der Waals surface area contributed by atoms with Crippen LogP contribution in [0.25, 0.3) is 0 Å². The zero-order valence-electron chi connectivity index (χ0n) is 8.02. The quantitative estimate of drug-likeness (QED) is 0.722. The van der Waals surface area contributed by atoms with Crippen LogP contribution in [0.3, 0.4) is 0 Å². The molecule has 0 N–H and O–H groups in total. The molecule has 0 spiro atoms. The van der Waals surface area contributed by atoms with E-state index in [0.29, 0.717) is 0 Å². The van der Waals surface area contributed by atoms with E-state index in [2.05, 4.69) is 40.8 Å². The van der Waals surface area contributed by atoms with Crippen molar-refractivity contribution in [3.63, 3.8) is 0 Å². The summed E-state index contributed by atoms with van der Waals surface area (Å²) in [5, 5.41) is 0. The molecular formula is C10H18BrN. The maximum absolute atomic E-state index is 3.57. The Morgan fingerprint density at radius 3 is 3.00 bits per heavy atom. The molecule has 1 rings (SSSR count). The van der Waals surface area contributed by atoms with Crippen LogP contribution < -0.4 is 0 Å². The van der Waals surface area contributed by atoms with E-state index in [1.54, 1.807) is 0 Å². The molecule has 1 nitrogen and oxygen atoms in total. The summed E-state index contributed by atoms with van der Waals surface area (Å²) in [6.45, 7) is 6.93. The summed E-state index contributed by atoms with van der Waals surface area (Å²) in [5.41, 5.74) is 0. The first-order valence-corrected chi connectivity index (χ1v) is 5.62. The first-order valence-electron chi connectivity index (χ1n) is 4.82. The number of rotatable bonds is 3. The van der Waals surface area contributed by atoms with Crippen LogP contribution in [0.5, 0.6) is 0 Å². The smallest absolute Gasteiger partial charge is 0.0299 e. The van der Waals surface area contributed by atoms with Gasteiger partial charge in [0.15, 0.2) is 0 Å². The lowest BCUT2D eigenvalue weighted by molar-refractivity contribution is 0.215. The van der Waals surface area contributed by atoms with E-state index in [-0.39, 0.29) is 0 Å². The number of halogens is 1. The molecule has 0 aromatic carbocycles. The van der Waals surface area contributed by atoms with Gasteiger partial charge in [0, 0.05) is 23.6 Å². The topological polar surface area (TPSA) is 3.24 Å². The van der Waals surface area contributed by atoms with Crippen molar-refractivity contribution in [1.82, 2.24) is 4.90 Å². The van der Waals surface area contributed by atoms with Gasteiger partial charge in [-0.2, -0.15) is 0 Å². The van der Waals surface area contributed by atoms with Gasteiger partial charge in [0.05, 0.1) is 0 Å². The number of nitrogens with zero attached hydrogens (tertiary/aromatic N) is 1. The summed E-state index contributed by atoms with van der Waals surface area (Å²) < 4.78 is 1.36. The summed E-state index contributed by atoms with van der Waals surface area (Å²) in [5.74, 6) is 0. The fraction of sp³-hybridized carbons (Fsp3) is 0.800. The van der Waals surface area contributed by atoms with Gasteiger partial charge in [-0.05, 0) is 19.8 Å². The molecular weight excluding hydrogens is 214 g/mol. The minimum Gasteiger partial charge on any atom is -0.296 e. The Morgan fingerprint density at radius 1 is 1.67 bits per heavy atom. The largest absolute Gasteiger partial charge is 0.296 e. The minimum absolute atomic E-state index is 0.747. The van der Waals surface area contributed by atoms with Gasteiger partial charge >= 0.3 is 0 Å². The average Bonchev–Trinajstić information content (AvgIpc) is 2.05. The van der Waals surface area contributed by atoms with E-state index in [1.807, 2.05) is 0 Å². The van der Waals surface area contributed by atoms with Gasteiger partial charge in [-0.15, -0.1) is 0 Å². The van der Waals surface area contributed by atoms with Crippen molar-refractivity contribution in [2.45, 2.75) is 39.2 Å². The third-order valence-electron chi connectivity index (χ3n) is 2.47. The Hall–Kier alpha value is 0.180. The number of hydrogen-bond acceptors (Lipinski definition) is 1. The zero-order chi connectivity index (χ0) is 8.97. The highest BCUT2D eigenvalue weighted by Crippen LogP contribution is 2.18. The van der Waals surface area contributed by atoms with Gasteiger partial charge in [-0.25, -0.2) is 0 Å². The Kier molecular flexibility index (Phi) is 4.30. The van der Waals surface area contributed by atoms with Crippen LogP contribution >= 0.6 is 15.9 Å². The van der Waals surface area contributed by atoms with E-state index >= 15 is 0 Å². The highest BCUT2D eigenvalue weighted by atomic mass is 79.9. The SMILES string of the molecule is CCCC(C)N1CCC=C(Br)C1. The van der Waals surface area contributed by atoms with Crippen molar-refractivity contribution < 1.29 is 0 Å². The van der Waals surface area contributed by atoms with Crippen molar-refractivity contribution in [2.24, 2.45) is 0 Å². The lowest BCUT2D eigenvalue weighted by atomic mass is 10.1. The average molecular weight is 232 g/mol. The van der Waals surface area contributed by atoms with Gasteiger partial charge in [-0.3, -0.25) is 4.90 Å². The van der Waals surface area contributed by atoms with Crippen LogP contribution in [0, 0.1) is 0 Å². The highest BCUT2D eigenvalue weighted by molar-refractivity contribution is 9.11. The summed E-state index contributed by atoms with van der Waals surface area (Å²) in [4.78, 5) is 2.55. The first kappa shape index (κ1) is 10.3. The molecule has 12 heavy (non-hydrogen) atoms. The molecule has 1 atom stereocenters. The summed E-state index contributed by atoms with van der Waals surface area (Å²) in [7, 11) is 0. The monoisotopic (exact) mass is 231 g/mol. The molecule has 0 bridgehead atoms. The van der Waals surface area contributed by atoms with Gasteiger partial charge in [0.1, 0.15) is 0 Å². The lowest BCUT2D eigenvalue weighted by Crippen LogP contribution is -2.36. The van der Waals surface area contributed by atoms with E-state index in [4.69, 9.17) is 0 Å². The molecule has 70 valence electrons. The van der Waals surface area contributed by atoms with Gasteiger partial charge in [-0.1, -0.05) is 35.4 Å². The molecule has 2 heteroatoms. The standard InChI is InChI=1S/C10H18BrN/c1-3-5-9(2)12-7-4-6-10(11)8-12/h6,9H,3-5,7-8H2,1-2H3. The molecule has 0 saturated heterocycles. The van der Waals surface area contributed by atoms with Crippen LogP contribution in [-0.4, -0.2) is 24.0 Å². The Morgan fingerprint density at radius 2 is 2.42 bits per heavy atom. The van der Waals surface area contributed by atoms with Crippen molar-refractivity contribution >= 4 is 15.9 Å². The Balaban J connectivity index is 2.37. The van der Waals surface area contributed by atoms with Crippen molar-refractivity contribution in [2.75, 3.05) is 13.1 Å². The number of hydrogen-bond donors (Lipinski definition) is 0. The second kappa shape index (κ2) is 5.03. The van der Waals surface area contributed by atoms with Crippen molar-refractivity contribution in [3.05, 3.63) is 10.6 Å². The van der Waals surface area contributed by atoms with Gasteiger partial charge in [0.25, 0.3) is 0 Å². The molecule has 0 aliphatic carbocycles. The minimum atomic E-state index is 0.747. The third kappa shape index (κ3) is 2.91. The predicted octanol–water partition coefficient (Wildman–Crippen LogP) is 3.16. The maximum atomic E-state index is 3.57. The molecule has 1 aliphatic heterocycles. The molecule has 0 aromatic rings. The maximum Gasteiger partial charge on any atom is 0.0299 e. The predicted molar refractivity (Wildman–Crippen MR) is 57.6 cm³/mol. The second-order valence-electron chi connectivity index (χ2n) is 3.55. The molecule has 0 amide bonds. The van der Waals surface area contributed by atoms with Gasteiger partial charge in [0.2, 0.25) is 0 Å². The molecule has 1 aliphatic rings. The fourth-order valence-electron chi connectivity index (χ4n) is 1.70. The Labute approximate surface area is 84.0 Å². The molecule has 0 aromatic heterocycles. The van der Waals surface area contributed by atoms with Crippen molar-refractivity contribution in [3.8, 4) is 0 Å². The summed E-state index contributed by atoms with van der Waals surface area (Å²) in [6, 6.07) is 0.747. The highest BCUT2D eigenvalue weighted by Gasteiger charge is 2.15. The summed E-state index contributed by atoms with van der Waals surface area (Å²) >= 11 is 3.57. The van der Waals surface area contributed by atoms with E-state index in [9.17, 15) is 0 Å². The van der Waals surface area contributed by atoms with Crippen LogP contribution in [0.4, 0.5) is 0 Å². The van der Waals surface area contributed by atoms with E-state index < -0.39 is 0 Å². The molecule has 1 unspecified atom stereocenters. The van der Waals surface area contributed by atoms with E-state index in [1.165, 1.54) is 30.3 Å². The lowest BCUT2D eigenvalue weighted by Gasteiger charge is -2.31. The zero-order valence-corrected chi connectivity index (χ0v) is 9.60. The second-order valence-corrected chi connectivity index (χ2v) is 4.57. The van der Waals surface area contributed by atoms with Crippen LogP contribution in [-0.2, 0) is 0 Å². The van der Waals surface area contributed by atoms with Crippen molar-refractivity contribution in [1.29, 1.82) is 0 Å². The fourth-order valence-corrected chi connectivity index (χ4v) is 2.25. The molecule has 0 saturated carbocycles. The normalized spacial score (nSPS) is 22.1. The van der Waals surface area contributed by atoms with Crippen LogP contribution in [0.2, 0.25) is 0 Å². The molecule has 0 fully saturated rings.